The minimum Gasteiger partial charge on any atom is -0.343 e. The van der Waals surface area contributed by atoms with Gasteiger partial charge < -0.3 is 9.80 Å². The largest absolute Gasteiger partial charge is 0.343 e. The molecule has 0 aromatic rings. The van der Waals surface area contributed by atoms with Crippen LogP contribution in [0.1, 0.15) is 64.2 Å². The van der Waals surface area contributed by atoms with Crippen LogP contribution < -0.4 is 0 Å². The van der Waals surface area contributed by atoms with Gasteiger partial charge in [0.15, 0.2) is 0 Å². The van der Waals surface area contributed by atoms with Gasteiger partial charge in [0.1, 0.15) is 0 Å². The highest BCUT2D eigenvalue weighted by Crippen LogP contribution is 2.53. The third kappa shape index (κ3) is 3.14. The Morgan fingerprint density at radius 1 is 0.957 bits per heavy atom. The molecule has 4 fully saturated rings. The van der Waals surface area contributed by atoms with Crippen LogP contribution in [0.3, 0.4) is 0 Å². The maximum absolute atomic E-state index is 12.5. The van der Waals surface area contributed by atoms with Crippen LogP contribution in [0.4, 0.5) is 0 Å². The highest BCUT2D eigenvalue weighted by atomic mass is 16.2. The molecule has 0 radical (unpaired) electrons. The van der Waals surface area contributed by atoms with E-state index >= 15 is 0 Å². The van der Waals surface area contributed by atoms with Gasteiger partial charge in [-0.25, -0.2) is 0 Å². The number of hydrogen-bond donors (Lipinski definition) is 0. The lowest BCUT2D eigenvalue weighted by Crippen LogP contribution is -2.39. The number of likely N-dealkylation sites (tertiary alicyclic amines) is 2. The molecule has 2 amide bonds. The number of amides is 2. The zero-order chi connectivity index (χ0) is 15.9. The predicted octanol–water partition coefficient (Wildman–Crippen LogP) is 2.82. The van der Waals surface area contributed by atoms with E-state index in [0.717, 1.165) is 39.0 Å². The summed E-state index contributed by atoms with van der Waals surface area (Å²) in [7, 11) is 0. The second-order valence-corrected chi connectivity index (χ2v) is 8.46. The Morgan fingerprint density at radius 2 is 1.70 bits per heavy atom. The van der Waals surface area contributed by atoms with Crippen LogP contribution in [0.15, 0.2) is 0 Å². The molecule has 2 aliphatic heterocycles. The molecule has 128 valence electrons. The van der Waals surface area contributed by atoms with Gasteiger partial charge in [-0.1, -0.05) is 6.42 Å². The topological polar surface area (TPSA) is 40.6 Å². The Labute approximate surface area is 139 Å². The fraction of sp³-hybridized carbons (Fsp3) is 0.895. The minimum absolute atomic E-state index is 0.347. The summed E-state index contributed by atoms with van der Waals surface area (Å²) in [6.07, 6.45) is 11.1. The van der Waals surface area contributed by atoms with E-state index in [0.29, 0.717) is 35.5 Å². The standard InChI is InChI=1S/C19H30N2O2/c22-17(20-10-1-2-11-20)7-6-16-13-21(14-19(16)8-3-9-19)18(23)12-15-4-5-15/h15-16H,1-14H2. The van der Waals surface area contributed by atoms with Crippen LogP contribution >= 0.6 is 0 Å². The highest BCUT2D eigenvalue weighted by Gasteiger charge is 2.51. The first-order chi connectivity index (χ1) is 11.2. The van der Waals surface area contributed by atoms with Crippen molar-refractivity contribution >= 4 is 11.8 Å². The molecule has 4 rings (SSSR count). The van der Waals surface area contributed by atoms with Crippen LogP contribution in [-0.4, -0.2) is 47.8 Å². The van der Waals surface area contributed by atoms with E-state index in [1.165, 1.54) is 44.9 Å². The van der Waals surface area contributed by atoms with Crippen molar-refractivity contribution < 1.29 is 9.59 Å². The van der Waals surface area contributed by atoms with Crippen molar-refractivity contribution in [2.24, 2.45) is 17.3 Å². The van der Waals surface area contributed by atoms with Crippen molar-refractivity contribution in [3.63, 3.8) is 0 Å². The Morgan fingerprint density at radius 3 is 2.30 bits per heavy atom. The van der Waals surface area contributed by atoms with E-state index in [1.807, 2.05) is 4.90 Å². The van der Waals surface area contributed by atoms with Crippen LogP contribution in [0, 0.1) is 17.3 Å². The third-order valence-electron chi connectivity index (χ3n) is 6.84. The van der Waals surface area contributed by atoms with Crippen molar-refractivity contribution in [2.45, 2.75) is 64.2 Å². The average Bonchev–Trinajstić information content (AvgIpc) is 3.05. The fourth-order valence-electron chi connectivity index (χ4n) is 4.94. The van der Waals surface area contributed by atoms with Crippen LogP contribution in [0.25, 0.3) is 0 Å². The van der Waals surface area contributed by atoms with Gasteiger partial charge in [-0.2, -0.15) is 0 Å². The number of carbonyl (C=O) groups is 2. The summed E-state index contributed by atoms with van der Waals surface area (Å²) in [6.45, 7) is 3.81. The van der Waals surface area contributed by atoms with E-state index in [9.17, 15) is 9.59 Å². The summed E-state index contributed by atoms with van der Waals surface area (Å²) in [5.74, 6) is 1.97. The third-order valence-corrected chi connectivity index (χ3v) is 6.84. The molecule has 0 aromatic carbocycles. The predicted molar refractivity (Wildman–Crippen MR) is 88.7 cm³/mol. The van der Waals surface area contributed by atoms with Gasteiger partial charge >= 0.3 is 0 Å². The van der Waals surface area contributed by atoms with Gasteiger partial charge in [0.05, 0.1) is 0 Å². The molecule has 0 bridgehead atoms. The van der Waals surface area contributed by atoms with Crippen molar-refractivity contribution in [3.05, 3.63) is 0 Å². The van der Waals surface area contributed by atoms with Crippen LogP contribution in [0.5, 0.6) is 0 Å². The average molecular weight is 318 g/mol. The molecule has 1 spiro atoms. The van der Waals surface area contributed by atoms with E-state index < -0.39 is 0 Å². The van der Waals surface area contributed by atoms with Crippen molar-refractivity contribution in [2.75, 3.05) is 26.2 Å². The summed E-state index contributed by atoms with van der Waals surface area (Å²) in [5, 5.41) is 0. The molecular formula is C19H30N2O2. The van der Waals surface area contributed by atoms with Crippen LogP contribution in [0.2, 0.25) is 0 Å². The normalized spacial score (nSPS) is 29.1. The van der Waals surface area contributed by atoms with Crippen LogP contribution in [-0.2, 0) is 9.59 Å². The number of hydrogen-bond acceptors (Lipinski definition) is 2. The Bertz CT molecular complexity index is 476. The lowest BCUT2D eigenvalue weighted by molar-refractivity contribution is -0.131. The molecule has 23 heavy (non-hydrogen) atoms. The molecule has 0 N–H and O–H groups in total. The first-order valence-corrected chi connectivity index (χ1v) is 9.72. The SMILES string of the molecule is O=C(CCC1CN(C(=O)CC2CC2)CC12CCC2)N1CCCC1. The Balaban J connectivity index is 1.32. The second-order valence-electron chi connectivity index (χ2n) is 8.46. The van der Waals surface area contributed by atoms with Gasteiger partial charge in [-0.05, 0) is 62.2 Å². The van der Waals surface area contributed by atoms with E-state index in [2.05, 4.69) is 4.90 Å². The summed E-state index contributed by atoms with van der Waals surface area (Å²) in [5.41, 5.74) is 0.366. The number of nitrogens with zero attached hydrogens (tertiary/aromatic N) is 2. The summed E-state index contributed by atoms with van der Waals surface area (Å²) >= 11 is 0. The molecular weight excluding hydrogens is 288 g/mol. The van der Waals surface area contributed by atoms with E-state index in [4.69, 9.17) is 0 Å². The first-order valence-electron chi connectivity index (χ1n) is 9.72. The second kappa shape index (κ2) is 6.10. The van der Waals surface area contributed by atoms with Crippen molar-refractivity contribution in [3.8, 4) is 0 Å². The molecule has 2 saturated carbocycles. The zero-order valence-electron chi connectivity index (χ0n) is 14.3. The smallest absolute Gasteiger partial charge is 0.222 e. The lowest BCUT2D eigenvalue weighted by Gasteiger charge is -2.43. The molecule has 2 aliphatic carbocycles. The maximum Gasteiger partial charge on any atom is 0.222 e. The minimum atomic E-state index is 0.347. The molecule has 2 heterocycles. The van der Waals surface area contributed by atoms with Crippen molar-refractivity contribution in [1.29, 1.82) is 0 Å². The zero-order valence-corrected chi connectivity index (χ0v) is 14.3. The Hall–Kier alpha value is -1.06. The van der Waals surface area contributed by atoms with E-state index in [-0.39, 0.29) is 0 Å². The summed E-state index contributed by atoms with van der Waals surface area (Å²) in [6, 6.07) is 0. The lowest BCUT2D eigenvalue weighted by atomic mass is 9.62. The monoisotopic (exact) mass is 318 g/mol. The molecule has 1 atom stereocenters. The van der Waals surface area contributed by atoms with Gasteiger partial charge in [-0.3, -0.25) is 9.59 Å². The van der Waals surface area contributed by atoms with Gasteiger partial charge in [0.25, 0.3) is 0 Å². The maximum atomic E-state index is 12.5. The number of carbonyl (C=O) groups excluding carboxylic acids is 2. The first kappa shape index (κ1) is 15.5. The molecule has 4 nitrogen and oxygen atoms in total. The molecule has 2 saturated heterocycles. The highest BCUT2D eigenvalue weighted by molar-refractivity contribution is 5.77. The van der Waals surface area contributed by atoms with Crippen molar-refractivity contribution in [1.82, 2.24) is 9.80 Å². The summed E-state index contributed by atoms with van der Waals surface area (Å²) in [4.78, 5) is 29.0. The summed E-state index contributed by atoms with van der Waals surface area (Å²) < 4.78 is 0. The molecule has 1 unspecified atom stereocenters. The van der Waals surface area contributed by atoms with Gasteiger partial charge in [0, 0.05) is 39.0 Å². The fourth-order valence-corrected chi connectivity index (χ4v) is 4.94. The van der Waals surface area contributed by atoms with Gasteiger partial charge in [0.2, 0.25) is 11.8 Å². The Kier molecular flexibility index (Phi) is 4.10. The molecule has 4 heteroatoms. The van der Waals surface area contributed by atoms with Gasteiger partial charge in [-0.15, -0.1) is 0 Å². The quantitative estimate of drug-likeness (QED) is 0.782. The molecule has 4 aliphatic rings. The molecule has 0 aromatic heterocycles. The van der Waals surface area contributed by atoms with E-state index in [1.54, 1.807) is 0 Å². The number of rotatable bonds is 5.